The van der Waals surface area contributed by atoms with Crippen LogP contribution in [0.4, 0.5) is 0 Å². The van der Waals surface area contributed by atoms with Gasteiger partial charge in [0.2, 0.25) is 0 Å². The van der Waals surface area contributed by atoms with Crippen LogP contribution in [0.15, 0.2) is 97.2 Å². The van der Waals surface area contributed by atoms with Crippen molar-refractivity contribution in [2.45, 2.75) is 18.9 Å². The molecule has 5 aromatic rings. The molecule has 1 unspecified atom stereocenters. The normalized spacial score (nSPS) is 15.7. The van der Waals surface area contributed by atoms with Gasteiger partial charge in [0.1, 0.15) is 11.9 Å². The van der Waals surface area contributed by atoms with E-state index in [1.165, 1.54) is 27.5 Å². The summed E-state index contributed by atoms with van der Waals surface area (Å²) < 4.78 is 6.48. The van der Waals surface area contributed by atoms with Crippen LogP contribution in [0.1, 0.15) is 23.7 Å². The average molecular weight is 387 g/mol. The van der Waals surface area contributed by atoms with E-state index in [0.717, 1.165) is 35.1 Å². The van der Waals surface area contributed by atoms with Gasteiger partial charge >= 0.3 is 0 Å². The Balaban J connectivity index is 1.34. The number of aromatic nitrogens is 1. The highest BCUT2D eigenvalue weighted by Crippen LogP contribution is 2.38. The minimum absolute atomic E-state index is 0.0430. The Morgan fingerprint density at radius 3 is 2.40 bits per heavy atom. The summed E-state index contributed by atoms with van der Waals surface area (Å²) in [7, 11) is 0. The number of hydrogen-bond acceptors (Lipinski definition) is 2. The molecule has 0 saturated heterocycles. The molecule has 1 aliphatic rings. The maximum absolute atomic E-state index is 6.48. The number of hydrogen-bond donors (Lipinski definition) is 0. The minimum Gasteiger partial charge on any atom is -0.485 e. The number of para-hydroxylation sites is 1. The van der Waals surface area contributed by atoms with Gasteiger partial charge in [-0.05, 0) is 64.6 Å². The Labute approximate surface area is 175 Å². The van der Waals surface area contributed by atoms with Crippen molar-refractivity contribution < 1.29 is 4.74 Å². The van der Waals surface area contributed by atoms with E-state index >= 15 is 0 Å². The topological polar surface area (TPSA) is 22.1 Å². The molecule has 0 spiro atoms. The number of ether oxygens (including phenoxy) is 1. The molecule has 1 atom stereocenters. The lowest BCUT2D eigenvalue weighted by Crippen LogP contribution is -2.15. The summed E-state index contributed by atoms with van der Waals surface area (Å²) in [5.41, 5.74) is 5.86. The molecule has 2 heteroatoms. The number of benzene rings is 4. The highest BCUT2D eigenvalue weighted by Gasteiger charge is 2.22. The first-order chi connectivity index (χ1) is 14.8. The maximum Gasteiger partial charge on any atom is 0.126 e. The van der Waals surface area contributed by atoms with Crippen molar-refractivity contribution in [2.24, 2.45) is 0 Å². The minimum atomic E-state index is 0.0430. The number of pyridine rings is 1. The van der Waals surface area contributed by atoms with Gasteiger partial charge in [0, 0.05) is 17.1 Å². The van der Waals surface area contributed by atoms with Crippen LogP contribution in [0, 0.1) is 0 Å². The van der Waals surface area contributed by atoms with Crippen LogP contribution in [0.25, 0.3) is 32.8 Å². The van der Waals surface area contributed by atoms with Crippen molar-refractivity contribution >= 4 is 21.7 Å². The summed E-state index contributed by atoms with van der Waals surface area (Å²) in [6, 6.07) is 32.2. The molecule has 144 valence electrons. The van der Waals surface area contributed by atoms with Gasteiger partial charge in [0.25, 0.3) is 0 Å². The smallest absolute Gasteiger partial charge is 0.126 e. The zero-order valence-corrected chi connectivity index (χ0v) is 16.6. The van der Waals surface area contributed by atoms with Crippen LogP contribution in [0.5, 0.6) is 5.75 Å². The third-order valence-electron chi connectivity index (χ3n) is 6.08. The number of rotatable bonds is 2. The summed E-state index contributed by atoms with van der Waals surface area (Å²) in [6.45, 7) is 0. The first-order valence-corrected chi connectivity index (χ1v) is 10.5. The predicted molar refractivity (Wildman–Crippen MR) is 123 cm³/mol. The Kier molecular flexibility index (Phi) is 4.02. The zero-order chi connectivity index (χ0) is 19.9. The molecule has 2 nitrogen and oxygen atoms in total. The fourth-order valence-electron chi connectivity index (χ4n) is 4.42. The molecule has 0 saturated carbocycles. The van der Waals surface area contributed by atoms with E-state index in [9.17, 15) is 0 Å². The maximum atomic E-state index is 6.48. The van der Waals surface area contributed by atoms with Crippen molar-refractivity contribution in [3.05, 3.63) is 108 Å². The van der Waals surface area contributed by atoms with Gasteiger partial charge < -0.3 is 4.74 Å². The molecule has 0 fully saturated rings. The first kappa shape index (κ1) is 17.2. The largest absolute Gasteiger partial charge is 0.485 e. The molecule has 2 heterocycles. The van der Waals surface area contributed by atoms with Gasteiger partial charge in [-0.2, -0.15) is 0 Å². The van der Waals surface area contributed by atoms with Crippen molar-refractivity contribution in [1.29, 1.82) is 0 Å². The fraction of sp³-hybridized carbons (Fsp3) is 0.107. The van der Waals surface area contributed by atoms with E-state index in [4.69, 9.17) is 4.74 Å². The molecule has 1 aromatic heterocycles. The van der Waals surface area contributed by atoms with Gasteiger partial charge in [-0.15, -0.1) is 0 Å². The summed E-state index contributed by atoms with van der Waals surface area (Å²) >= 11 is 0. The van der Waals surface area contributed by atoms with E-state index < -0.39 is 0 Å². The van der Waals surface area contributed by atoms with E-state index in [0.29, 0.717) is 0 Å². The molecule has 0 amide bonds. The highest BCUT2D eigenvalue weighted by molar-refractivity contribution is 5.87. The molecule has 0 N–H and O–H groups in total. The molecule has 0 aliphatic carbocycles. The monoisotopic (exact) mass is 387 g/mol. The van der Waals surface area contributed by atoms with Crippen molar-refractivity contribution in [1.82, 2.24) is 4.98 Å². The van der Waals surface area contributed by atoms with E-state index in [-0.39, 0.29) is 6.10 Å². The van der Waals surface area contributed by atoms with Gasteiger partial charge in [0.15, 0.2) is 0 Å². The van der Waals surface area contributed by atoms with E-state index in [2.05, 4.69) is 83.8 Å². The second kappa shape index (κ2) is 7.00. The Morgan fingerprint density at radius 1 is 0.700 bits per heavy atom. The molecule has 0 radical (unpaired) electrons. The lowest BCUT2D eigenvalue weighted by molar-refractivity contribution is 0.176. The fourth-order valence-corrected chi connectivity index (χ4v) is 4.42. The summed E-state index contributed by atoms with van der Waals surface area (Å²) in [5.74, 6) is 0.991. The summed E-state index contributed by atoms with van der Waals surface area (Å²) in [5, 5.41) is 3.68. The molecular weight excluding hydrogens is 366 g/mol. The van der Waals surface area contributed by atoms with Crippen LogP contribution in [0.2, 0.25) is 0 Å². The van der Waals surface area contributed by atoms with E-state index in [1.807, 2.05) is 18.3 Å². The average Bonchev–Trinajstić information content (AvgIpc) is 2.82. The van der Waals surface area contributed by atoms with Crippen molar-refractivity contribution in [2.75, 3.05) is 0 Å². The Morgan fingerprint density at radius 2 is 1.47 bits per heavy atom. The summed E-state index contributed by atoms with van der Waals surface area (Å²) in [4.78, 5) is 4.63. The van der Waals surface area contributed by atoms with Gasteiger partial charge in [0.05, 0.1) is 5.52 Å². The summed E-state index contributed by atoms with van der Waals surface area (Å²) in [6.07, 6.45) is 4.00. The Bertz CT molecular complexity index is 1390. The molecule has 4 aromatic carbocycles. The quantitative estimate of drug-likeness (QED) is 0.322. The molecule has 30 heavy (non-hydrogen) atoms. The predicted octanol–water partition coefficient (Wildman–Crippen LogP) is 7.12. The molecule has 0 bridgehead atoms. The van der Waals surface area contributed by atoms with Crippen molar-refractivity contribution in [3.8, 4) is 16.9 Å². The molecular formula is C28H21NO. The van der Waals surface area contributed by atoms with Crippen LogP contribution < -0.4 is 4.74 Å². The van der Waals surface area contributed by atoms with Crippen LogP contribution in [-0.2, 0) is 6.42 Å². The van der Waals surface area contributed by atoms with Crippen LogP contribution >= 0.6 is 0 Å². The van der Waals surface area contributed by atoms with Gasteiger partial charge in [-0.3, -0.25) is 4.98 Å². The lowest BCUT2D eigenvalue weighted by atomic mass is 9.94. The number of fused-ring (bicyclic) bond motifs is 3. The highest BCUT2D eigenvalue weighted by atomic mass is 16.5. The SMILES string of the molecule is c1ccc2cc(-c3ccc4c(c3)OC(c3cnc5ccccc5c3)CC4)ccc2c1. The zero-order valence-electron chi connectivity index (χ0n) is 16.6. The number of nitrogens with zero attached hydrogens (tertiary/aromatic N) is 1. The second-order valence-corrected chi connectivity index (χ2v) is 7.99. The van der Waals surface area contributed by atoms with Gasteiger partial charge in [-0.1, -0.05) is 66.7 Å². The third kappa shape index (κ3) is 3.02. The number of aryl methyl sites for hydroxylation is 1. The Hall–Kier alpha value is -3.65. The van der Waals surface area contributed by atoms with Gasteiger partial charge in [-0.25, -0.2) is 0 Å². The van der Waals surface area contributed by atoms with Crippen molar-refractivity contribution in [3.63, 3.8) is 0 Å². The molecule has 1 aliphatic heterocycles. The second-order valence-electron chi connectivity index (χ2n) is 7.99. The third-order valence-corrected chi connectivity index (χ3v) is 6.08. The van der Waals surface area contributed by atoms with Crippen LogP contribution in [0.3, 0.4) is 0 Å². The molecule has 6 rings (SSSR count). The van der Waals surface area contributed by atoms with E-state index in [1.54, 1.807) is 0 Å². The first-order valence-electron chi connectivity index (χ1n) is 10.5. The lowest BCUT2D eigenvalue weighted by Gasteiger charge is -2.27. The van der Waals surface area contributed by atoms with Crippen LogP contribution in [-0.4, -0.2) is 4.98 Å². The standard InChI is InChI=1S/C28H21NO/c1-2-6-21-15-22(11-9-19(21)5-1)23-12-10-20-13-14-27(30-28(20)17-23)25-16-24-7-3-4-8-26(24)29-18-25/h1-12,15-18,27H,13-14H2.